The summed E-state index contributed by atoms with van der Waals surface area (Å²) in [7, 11) is 3.15. The van der Waals surface area contributed by atoms with Gasteiger partial charge >= 0.3 is 5.97 Å². The van der Waals surface area contributed by atoms with Gasteiger partial charge in [-0.15, -0.1) is 0 Å². The lowest BCUT2D eigenvalue weighted by atomic mass is 9.97. The van der Waals surface area contributed by atoms with Crippen LogP contribution in [0.3, 0.4) is 0 Å². The summed E-state index contributed by atoms with van der Waals surface area (Å²) in [6, 6.07) is 20.0. The van der Waals surface area contributed by atoms with Crippen LogP contribution in [-0.2, 0) is 9.53 Å². The second-order valence-electron chi connectivity index (χ2n) is 7.23. The first-order valence-corrected chi connectivity index (χ1v) is 10.5. The Hall–Kier alpha value is -4.03. The second-order valence-corrected chi connectivity index (χ2v) is 7.63. The van der Waals surface area contributed by atoms with Crippen LogP contribution in [0.4, 0.5) is 0 Å². The Labute approximate surface area is 195 Å². The van der Waals surface area contributed by atoms with Crippen LogP contribution < -0.4 is 14.2 Å². The summed E-state index contributed by atoms with van der Waals surface area (Å²) < 4.78 is 22.4. The molecule has 2 heterocycles. The quantitative estimate of drug-likeness (QED) is 0.380. The summed E-state index contributed by atoms with van der Waals surface area (Å²) in [5, 5.41) is 0.448. The Morgan fingerprint density at radius 3 is 2.33 bits per heavy atom. The zero-order valence-corrected chi connectivity index (χ0v) is 18.6. The van der Waals surface area contributed by atoms with E-state index in [1.54, 1.807) is 44.6 Å². The molecule has 3 aromatic carbocycles. The molecule has 0 atom stereocenters. The van der Waals surface area contributed by atoms with Gasteiger partial charge in [-0.2, -0.15) is 0 Å². The number of carbonyl (C=O) groups is 1. The lowest BCUT2D eigenvalue weighted by Gasteiger charge is -2.21. The molecule has 0 aliphatic carbocycles. The highest BCUT2D eigenvalue weighted by Crippen LogP contribution is 2.41. The van der Waals surface area contributed by atoms with E-state index in [9.17, 15) is 4.79 Å². The average Bonchev–Trinajstić information content (AvgIpc) is 3.24. The van der Waals surface area contributed by atoms with E-state index < -0.39 is 5.97 Å². The predicted molar refractivity (Wildman–Crippen MR) is 126 cm³/mol. The number of methoxy groups -OCH3 is 2. The van der Waals surface area contributed by atoms with Crippen LogP contribution in [0.1, 0.15) is 16.7 Å². The fraction of sp³-hybridized carbons (Fsp3) is 0.0769. The van der Waals surface area contributed by atoms with Gasteiger partial charge in [0.25, 0.3) is 0 Å². The number of allylic oxidation sites excluding steroid dienone is 2. The average molecular weight is 460 g/mol. The Morgan fingerprint density at radius 1 is 0.848 bits per heavy atom. The summed E-state index contributed by atoms with van der Waals surface area (Å²) in [6.45, 7) is 0. The standard InChI is InChI=1S/C26H18ClNO5/c1-30-21-12-11-15(13-23(21)31-2)22-14-18(16-7-4-6-10-20(16)32-22)24-26(29)33-25(28-24)17-8-3-5-9-19(17)27/h3-14H,1-2H3/b24-18-. The monoisotopic (exact) mass is 459 g/mol. The largest absolute Gasteiger partial charge is 0.493 e. The highest BCUT2D eigenvalue weighted by atomic mass is 35.5. The Morgan fingerprint density at radius 2 is 1.58 bits per heavy atom. The van der Waals surface area contributed by atoms with E-state index in [-0.39, 0.29) is 11.6 Å². The molecule has 6 nitrogen and oxygen atoms in total. The maximum absolute atomic E-state index is 12.9. The number of hydrogen-bond donors (Lipinski definition) is 0. The minimum absolute atomic E-state index is 0.165. The van der Waals surface area contributed by atoms with Crippen LogP contribution in [0.15, 0.2) is 83.5 Å². The number of fused-ring (bicyclic) bond motifs is 1. The smallest absolute Gasteiger partial charge is 0.364 e. The van der Waals surface area contributed by atoms with Crippen LogP contribution in [0.25, 0.3) is 11.3 Å². The van der Waals surface area contributed by atoms with Crippen LogP contribution in [-0.4, -0.2) is 26.1 Å². The van der Waals surface area contributed by atoms with E-state index in [2.05, 4.69) is 4.99 Å². The van der Waals surface area contributed by atoms with E-state index in [4.69, 9.17) is 30.5 Å². The zero-order valence-electron chi connectivity index (χ0n) is 17.8. The van der Waals surface area contributed by atoms with Gasteiger partial charge in [0.1, 0.15) is 11.5 Å². The number of halogens is 1. The molecule has 2 aliphatic heterocycles. The molecular formula is C26H18ClNO5. The molecule has 0 unspecified atom stereocenters. The number of esters is 1. The molecule has 7 heteroatoms. The fourth-order valence-electron chi connectivity index (χ4n) is 3.69. The van der Waals surface area contributed by atoms with Crippen molar-refractivity contribution in [2.75, 3.05) is 14.2 Å². The second kappa shape index (κ2) is 8.48. The normalized spacial score (nSPS) is 16.9. The molecule has 0 saturated heterocycles. The van der Waals surface area contributed by atoms with Crippen LogP contribution in [0.5, 0.6) is 17.2 Å². The third-order valence-electron chi connectivity index (χ3n) is 5.30. The van der Waals surface area contributed by atoms with Gasteiger partial charge in [-0.05, 0) is 42.5 Å². The van der Waals surface area contributed by atoms with Crippen molar-refractivity contribution < 1.29 is 23.7 Å². The van der Waals surface area contributed by atoms with Gasteiger partial charge in [0.2, 0.25) is 5.90 Å². The van der Waals surface area contributed by atoms with Gasteiger partial charge in [-0.1, -0.05) is 41.9 Å². The van der Waals surface area contributed by atoms with Gasteiger partial charge in [0.05, 0.1) is 24.8 Å². The van der Waals surface area contributed by atoms with E-state index in [0.717, 1.165) is 11.1 Å². The number of ether oxygens (including phenoxy) is 4. The van der Waals surface area contributed by atoms with Gasteiger partial charge < -0.3 is 18.9 Å². The number of hydrogen-bond acceptors (Lipinski definition) is 6. The van der Waals surface area contributed by atoms with Gasteiger partial charge in [-0.25, -0.2) is 9.79 Å². The topological polar surface area (TPSA) is 66.4 Å². The van der Waals surface area contributed by atoms with Crippen molar-refractivity contribution in [3.63, 3.8) is 0 Å². The van der Waals surface area contributed by atoms with Crippen LogP contribution >= 0.6 is 11.6 Å². The number of carbonyl (C=O) groups excluding carboxylic acids is 1. The number of nitrogens with zero attached hydrogens (tertiary/aromatic N) is 1. The lowest BCUT2D eigenvalue weighted by Crippen LogP contribution is -2.08. The van der Waals surface area contributed by atoms with Crippen molar-refractivity contribution in [1.29, 1.82) is 0 Å². The van der Waals surface area contributed by atoms with Gasteiger partial charge in [0, 0.05) is 16.7 Å². The van der Waals surface area contributed by atoms with E-state index >= 15 is 0 Å². The SMILES string of the molecule is COc1ccc(C2=C/C(=C3/N=C(c4ccccc4Cl)OC3=O)c3ccccc3O2)cc1OC. The number of rotatable bonds is 4. The molecule has 0 saturated carbocycles. The van der Waals surface area contributed by atoms with Crippen LogP contribution in [0.2, 0.25) is 5.02 Å². The molecule has 33 heavy (non-hydrogen) atoms. The highest BCUT2D eigenvalue weighted by molar-refractivity contribution is 6.34. The summed E-state index contributed by atoms with van der Waals surface area (Å²) in [5.41, 5.74) is 2.81. The highest BCUT2D eigenvalue weighted by Gasteiger charge is 2.31. The van der Waals surface area contributed by atoms with E-state index in [1.165, 1.54) is 0 Å². The lowest BCUT2D eigenvalue weighted by molar-refractivity contribution is -0.129. The molecule has 0 fully saturated rings. The van der Waals surface area contributed by atoms with E-state index in [1.807, 2.05) is 42.5 Å². The molecule has 0 aromatic heterocycles. The minimum atomic E-state index is -0.556. The molecular weight excluding hydrogens is 442 g/mol. The molecule has 0 amide bonds. The Balaban J connectivity index is 1.67. The Kier molecular flexibility index (Phi) is 5.36. The molecule has 0 bridgehead atoms. The number of aliphatic imine (C=N–C) groups is 1. The van der Waals surface area contributed by atoms with Crippen molar-refractivity contribution >= 4 is 34.8 Å². The first-order chi connectivity index (χ1) is 16.1. The number of para-hydroxylation sites is 1. The Bertz CT molecular complexity index is 1370. The summed E-state index contributed by atoms with van der Waals surface area (Å²) in [5.74, 6) is 1.90. The molecule has 0 N–H and O–H groups in total. The predicted octanol–water partition coefficient (Wildman–Crippen LogP) is 5.51. The summed E-state index contributed by atoms with van der Waals surface area (Å²) in [6.07, 6.45) is 1.78. The third-order valence-corrected chi connectivity index (χ3v) is 5.63. The van der Waals surface area contributed by atoms with E-state index in [0.29, 0.717) is 39.2 Å². The first kappa shape index (κ1) is 20.8. The molecule has 164 valence electrons. The van der Waals surface area contributed by atoms with Gasteiger partial charge in [-0.3, -0.25) is 0 Å². The molecule has 0 spiro atoms. The van der Waals surface area contributed by atoms with Crippen molar-refractivity contribution in [2.45, 2.75) is 0 Å². The molecule has 3 aromatic rings. The minimum Gasteiger partial charge on any atom is -0.493 e. The third kappa shape index (κ3) is 3.75. The summed E-state index contributed by atoms with van der Waals surface area (Å²) in [4.78, 5) is 17.4. The maximum Gasteiger partial charge on any atom is 0.364 e. The van der Waals surface area contributed by atoms with Crippen molar-refractivity contribution in [3.8, 4) is 17.2 Å². The van der Waals surface area contributed by atoms with Crippen molar-refractivity contribution in [3.05, 3.63) is 100 Å². The van der Waals surface area contributed by atoms with Crippen LogP contribution in [0, 0.1) is 0 Å². The van der Waals surface area contributed by atoms with Crippen molar-refractivity contribution in [1.82, 2.24) is 0 Å². The zero-order chi connectivity index (χ0) is 22.9. The number of cyclic esters (lactones) is 1. The summed E-state index contributed by atoms with van der Waals surface area (Å²) >= 11 is 6.28. The maximum atomic E-state index is 12.9. The van der Waals surface area contributed by atoms with Gasteiger partial charge in [0.15, 0.2) is 17.2 Å². The fourth-order valence-corrected chi connectivity index (χ4v) is 3.91. The van der Waals surface area contributed by atoms with Crippen molar-refractivity contribution in [2.24, 2.45) is 4.99 Å². The molecule has 5 rings (SSSR count). The molecule has 2 aliphatic rings. The first-order valence-electron chi connectivity index (χ1n) is 10.1. The molecule has 0 radical (unpaired) electrons. The number of benzene rings is 3.